The zero-order valence-corrected chi connectivity index (χ0v) is 13.9. The van der Waals surface area contributed by atoms with Gasteiger partial charge in [0.05, 0.1) is 33.5 Å². The molecule has 3 aromatic rings. The Kier molecular flexibility index (Phi) is 4.85. The van der Waals surface area contributed by atoms with E-state index in [-0.39, 0.29) is 21.8 Å². The molecule has 0 spiro atoms. The van der Waals surface area contributed by atoms with Gasteiger partial charge in [-0.05, 0) is 36.4 Å². The molecule has 0 saturated carbocycles. The number of aromatic carboxylic acids is 1. The van der Waals surface area contributed by atoms with E-state index in [0.29, 0.717) is 11.0 Å². The van der Waals surface area contributed by atoms with Crippen LogP contribution >= 0.6 is 11.6 Å². The smallest absolute Gasteiger partial charge is 0.338 e. The molecule has 8 nitrogen and oxygen atoms in total. The molecule has 0 atom stereocenters. The van der Waals surface area contributed by atoms with Crippen LogP contribution in [0.1, 0.15) is 20.7 Å². The minimum Gasteiger partial charge on any atom is -0.478 e. The Balaban J connectivity index is 1.60. The topological polar surface area (TPSA) is 121 Å². The number of aromatic nitrogens is 2. The van der Waals surface area contributed by atoms with Gasteiger partial charge in [-0.3, -0.25) is 4.79 Å². The number of ether oxygens (including phenoxy) is 1. The van der Waals surface area contributed by atoms with Crippen LogP contribution in [-0.4, -0.2) is 39.5 Å². The Labute approximate surface area is 151 Å². The average molecular weight is 374 g/mol. The lowest BCUT2D eigenvalue weighted by Gasteiger charge is -2.08. The molecule has 0 radical (unpaired) electrons. The monoisotopic (exact) mass is 373 g/mol. The second-order valence-electron chi connectivity index (χ2n) is 5.26. The van der Waals surface area contributed by atoms with Crippen LogP contribution in [0.5, 0.6) is 0 Å². The van der Waals surface area contributed by atoms with Crippen LogP contribution in [0, 0.1) is 0 Å². The standard InChI is InChI=1S/C17H12ClN3O5/c18-12-3-2-10(6-11(12)16(23)24)21-15(22)7-26-17(25)9-1-4-13-14(5-9)20-8-19-13/h1-6,8H,7H2,(H,19,20)(H,21,22)(H,23,24). The van der Waals surface area contributed by atoms with Crippen molar-refractivity contribution in [1.82, 2.24) is 9.97 Å². The second kappa shape index (κ2) is 7.24. The molecule has 9 heteroatoms. The number of halogens is 1. The molecule has 1 heterocycles. The van der Waals surface area contributed by atoms with Gasteiger partial charge in [0.15, 0.2) is 6.61 Å². The van der Waals surface area contributed by atoms with Gasteiger partial charge in [0, 0.05) is 5.69 Å². The maximum atomic E-state index is 12.0. The summed E-state index contributed by atoms with van der Waals surface area (Å²) in [5.74, 6) is -2.50. The van der Waals surface area contributed by atoms with Crippen LogP contribution in [0.15, 0.2) is 42.7 Å². The molecule has 1 aromatic heterocycles. The summed E-state index contributed by atoms with van der Waals surface area (Å²) in [7, 11) is 0. The first kappa shape index (κ1) is 17.4. The lowest BCUT2D eigenvalue weighted by atomic mass is 10.2. The van der Waals surface area contributed by atoms with Gasteiger partial charge in [-0.2, -0.15) is 0 Å². The van der Waals surface area contributed by atoms with Crippen LogP contribution in [0.3, 0.4) is 0 Å². The molecule has 1 amide bonds. The largest absolute Gasteiger partial charge is 0.478 e. The third kappa shape index (κ3) is 3.81. The highest BCUT2D eigenvalue weighted by Crippen LogP contribution is 2.20. The van der Waals surface area contributed by atoms with E-state index in [4.69, 9.17) is 21.4 Å². The van der Waals surface area contributed by atoms with Crippen molar-refractivity contribution in [3.8, 4) is 0 Å². The molecule has 2 aromatic carbocycles. The van der Waals surface area contributed by atoms with Crippen molar-refractivity contribution in [3.63, 3.8) is 0 Å². The Bertz CT molecular complexity index is 1010. The predicted molar refractivity (Wildman–Crippen MR) is 93.4 cm³/mol. The lowest BCUT2D eigenvalue weighted by Crippen LogP contribution is -2.21. The fourth-order valence-corrected chi connectivity index (χ4v) is 2.44. The minimum atomic E-state index is -1.22. The molecular formula is C17H12ClN3O5. The number of carboxylic acids is 1. The first-order valence-electron chi connectivity index (χ1n) is 7.37. The number of H-pyrrole nitrogens is 1. The number of aromatic amines is 1. The van der Waals surface area contributed by atoms with Crippen molar-refractivity contribution >= 4 is 46.2 Å². The number of carbonyl (C=O) groups is 3. The molecule has 0 aliphatic rings. The van der Waals surface area contributed by atoms with Crippen LogP contribution < -0.4 is 5.32 Å². The average Bonchev–Trinajstić information content (AvgIpc) is 3.08. The van der Waals surface area contributed by atoms with Gasteiger partial charge in [0.25, 0.3) is 5.91 Å². The number of carboxylic acid groups (broad SMARTS) is 1. The second-order valence-corrected chi connectivity index (χ2v) is 5.67. The van der Waals surface area contributed by atoms with Crippen LogP contribution in [0.4, 0.5) is 5.69 Å². The maximum Gasteiger partial charge on any atom is 0.338 e. The number of amides is 1. The number of hydrogen-bond acceptors (Lipinski definition) is 5. The Hall–Kier alpha value is -3.39. The highest BCUT2D eigenvalue weighted by atomic mass is 35.5. The number of hydrogen-bond donors (Lipinski definition) is 3. The number of esters is 1. The predicted octanol–water partition coefficient (Wildman–Crippen LogP) is 2.71. The third-order valence-electron chi connectivity index (χ3n) is 3.47. The highest BCUT2D eigenvalue weighted by molar-refractivity contribution is 6.33. The van der Waals surface area contributed by atoms with E-state index in [9.17, 15) is 14.4 Å². The van der Waals surface area contributed by atoms with Crippen LogP contribution in [0.2, 0.25) is 5.02 Å². The quantitative estimate of drug-likeness (QED) is 0.591. The number of imidazole rings is 1. The molecule has 0 aliphatic heterocycles. The first-order chi connectivity index (χ1) is 12.4. The molecule has 0 saturated heterocycles. The summed E-state index contributed by atoms with van der Waals surface area (Å²) in [6.45, 7) is -0.523. The number of benzene rings is 2. The van der Waals surface area contributed by atoms with Crippen molar-refractivity contribution in [2.75, 3.05) is 11.9 Å². The number of fused-ring (bicyclic) bond motifs is 1. The fraction of sp³-hybridized carbons (Fsp3) is 0.0588. The zero-order valence-electron chi connectivity index (χ0n) is 13.2. The summed E-state index contributed by atoms with van der Waals surface area (Å²) >= 11 is 5.76. The van der Waals surface area contributed by atoms with Gasteiger partial charge in [0.1, 0.15) is 0 Å². The molecule has 3 rings (SSSR count). The van der Waals surface area contributed by atoms with Gasteiger partial charge < -0.3 is 20.1 Å². The van der Waals surface area contributed by atoms with Gasteiger partial charge in [-0.25, -0.2) is 14.6 Å². The number of nitrogens with one attached hydrogen (secondary N) is 2. The zero-order chi connectivity index (χ0) is 18.7. The van der Waals surface area contributed by atoms with E-state index < -0.39 is 24.5 Å². The van der Waals surface area contributed by atoms with Crippen molar-refractivity contribution < 1.29 is 24.2 Å². The van der Waals surface area contributed by atoms with Crippen molar-refractivity contribution in [2.24, 2.45) is 0 Å². The van der Waals surface area contributed by atoms with Crippen molar-refractivity contribution in [3.05, 3.63) is 58.9 Å². The SMILES string of the molecule is O=C(COC(=O)c1ccc2nc[nH]c2c1)Nc1ccc(Cl)c(C(=O)O)c1. The molecule has 3 N–H and O–H groups in total. The van der Waals surface area contributed by atoms with Crippen molar-refractivity contribution in [1.29, 1.82) is 0 Å². The van der Waals surface area contributed by atoms with E-state index in [0.717, 1.165) is 0 Å². The molecule has 0 bridgehead atoms. The van der Waals surface area contributed by atoms with Gasteiger partial charge in [-0.1, -0.05) is 11.6 Å². The Morgan fingerprint density at radius 3 is 2.77 bits per heavy atom. The van der Waals surface area contributed by atoms with E-state index >= 15 is 0 Å². The van der Waals surface area contributed by atoms with Crippen molar-refractivity contribution in [2.45, 2.75) is 0 Å². The first-order valence-corrected chi connectivity index (χ1v) is 7.75. The van der Waals surface area contributed by atoms with Crippen LogP contribution in [-0.2, 0) is 9.53 Å². The minimum absolute atomic E-state index is 0.0520. The number of rotatable bonds is 5. The summed E-state index contributed by atoms with van der Waals surface area (Å²) in [5, 5.41) is 11.5. The maximum absolute atomic E-state index is 12.0. The normalized spacial score (nSPS) is 10.5. The summed E-state index contributed by atoms with van der Waals surface area (Å²) in [6, 6.07) is 8.79. The molecular weight excluding hydrogens is 362 g/mol. The fourth-order valence-electron chi connectivity index (χ4n) is 2.24. The van der Waals surface area contributed by atoms with E-state index in [1.54, 1.807) is 18.2 Å². The highest BCUT2D eigenvalue weighted by Gasteiger charge is 2.13. The lowest BCUT2D eigenvalue weighted by molar-refractivity contribution is -0.119. The Morgan fingerprint density at radius 2 is 2.00 bits per heavy atom. The summed E-state index contributed by atoms with van der Waals surface area (Å²) < 4.78 is 4.96. The third-order valence-corrected chi connectivity index (χ3v) is 3.80. The summed E-state index contributed by atoms with van der Waals surface area (Å²) in [6.07, 6.45) is 1.50. The van der Waals surface area contributed by atoms with E-state index in [1.165, 1.54) is 24.5 Å². The van der Waals surface area contributed by atoms with Gasteiger partial charge >= 0.3 is 11.9 Å². The molecule has 26 heavy (non-hydrogen) atoms. The molecule has 0 unspecified atom stereocenters. The summed E-state index contributed by atoms with van der Waals surface area (Å²) in [4.78, 5) is 41.9. The van der Waals surface area contributed by atoms with Gasteiger partial charge in [-0.15, -0.1) is 0 Å². The number of carbonyl (C=O) groups excluding carboxylic acids is 2. The number of anilines is 1. The molecule has 0 aliphatic carbocycles. The molecule has 0 fully saturated rings. The van der Waals surface area contributed by atoms with Crippen LogP contribution in [0.25, 0.3) is 11.0 Å². The Morgan fingerprint density at radius 1 is 1.19 bits per heavy atom. The van der Waals surface area contributed by atoms with Gasteiger partial charge in [0.2, 0.25) is 0 Å². The molecule has 132 valence electrons. The van der Waals surface area contributed by atoms with E-state index in [1.807, 2.05) is 0 Å². The number of nitrogens with zero attached hydrogens (tertiary/aromatic N) is 1. The summed E-state index contributed by atoms with van der Waals surface area (Å²) in [5.41, 5.74) is 1.73. The van der Waals surface area contributed by atoms with E-state index in [2.05, 4.69) is 15.3 Å².